The van der Waals surface area contributed by atoms with Crippen LogP contribution in [0, 0.1) is 6.92 Å². The zero-order chi connectivity index (χ0) is 15.2. The molecule has 0 saturated heterocycles. The number of aryl methyl sites for hydroxylation is 1. The molecule has 0 fully saturated rings. The Bertz CT molecular complexity index is 447. The number of carbonyl (C=O) groups excluding carboxylic acids is 1. The number of likely N-dealkylation sites (N-methyl/N-ethyl adjacent to an activating group) is 1. The van der Waals surface area contributed by atoms with Gasteiger partial charge in [-0.25, -0.2) is 0 Å². The van der Waals surface area contributed by atoms with Gasteiger partial charge in [-0.15, -0.1) is 0 Å². The maximum absolute atomic E-state index is 11.9. The topological polar surface area (TPSA) is 84.1 Å². The molecule has 3 N–H and O–H groups in total. The lowest BCUT2D eigenvalue weighted by molar-refractivity contribution is -0.124. The van der Waals surface area contributed by atoms with Crippen LogP contribution in [0.5, 0.6) is 0 Å². The Hall–Kier alpha value is -1.53. The zero-order valence-corrected chi connectivity index (χ0v) is 12.8. The maximum atomic E-state index is 11.9. The van der Waals surface area contributed by atoms with E-state index in [9.17, 15) is 4.79 Å². The van der Waals surface area contributed by atoms with Crippen molar-refractivity contribution in [1.82, 2.24) is 20.2 Å². The van der Waals surface area contributed by atoms with E-state index < -0.39 is 11.4 Å². The van der Waals surface area contributed by atoms with Crippen molar-refractivity contribution in [2.24, 2.45) is 5.73 Å². The lowest BCUT2D eigenvalue weighted by Gasteiger charge is -2.29. The summed E-state index contributed by atoms with van der Waals surface area (Å²) in [6.45, 7) is 11.3. The highest BCUT2D eigenvalue weighted by atomic mass is 16.1. The fraction of sp³-hybridized carbons (Fsp3) is 0.643. The van der Waals surface area contributed by atoms with Gasteiger partial charge < -0.3 is 10.6 Å². The van der Waals surface area contributed by atoms with Crippen molar-refractivity contribution < 1.29 is 4.79 Å². The van der Waals surface area contributed by atoms with Crippen LogP contribution in [0.4, 0.5) is 0 Å². The van der Waals surface area contributed by atoms with E-state index in [1.54, 1.807) is 19.3 Å². The van der Waals surface area contributed by atoms with Crippen molar-refractivity contribution in [3.8, 4) is 0 Å². The lowest BCUT2D eigenvalue weighted by Crippen LogP contribution is -2.53. The molecular formula is C14H25N5O. The number of primary amides is 1. The first-order valence-electron chi connectivity index (χ1n) is 7.01. The van der Waals surface area contributed by atoms with E-state index in [0.29, 0.717) is 17.9 Å². The van der Waals surface area contributed by atoms with Gasteiger partial charge in [0.05, 0.1) is 11.4 Å². The van der Waals surface area contributed by atoms with Gasteiger partial charge in [0.15, 0.2) is 0 Å². The highest BCUT2D eigenvalue weighted by Gasteiger charge is 2.35. The minimum Gasteiger partial charge on any atom is -0.368 e. The van der Waals surface area contributed by atoms with Crippen LogP contribution >= 0.6 is 0 Å². The highest BCUT2D eigenvalue weighted by molar-refractivity contribution is 5.85. The van der Waals surface area contributed by atoms with E-state index >= 15 is 0 Å². The quantitative estimate of drug-likeness (QED) is 0.720. The summed E-state index contributed by atoms with van der Waals surface area (Å²) in [6.07, 6.45) is 3.19. The summed E-state index contributed by atoms with van der Waals surface area (Å²) >= 11 is 0. The molecule has 112 valence electrons. The van der Waals surface area contributed by atoms with Crippen LogP contribution in [-0.2, 0) is 10.3 Å². The van der Waals surface area contributed by atoms with Crippen molar-refractivity contribution in [2.75, 3.05) is 26.2 Å². The molecule has 1 aromatic rings. The number of carbonyl (C=O) groups is 1. The number of aromatic nitrogens is 2. The standard InChI is InChI=1S/C14H25N5O/c1-5-19(6-2)10-9-18-14(4,13(15)20)12-11(3)16-7-8-17-12/h7-8,18H,5-6,9-10H2,1-4H3,(H2,15,20). The molecule has 0 spiro atoms. The average Bonchev–Trinajstić information content (AvgIpc) is 2.43. The number of nitrogens with zero attached hydrogens (tertiary/aromatic N) is 3. The third-order valence-corrected chi connectivity index (χ3v) is 3.65. The van der Waals surface area contributed by atoms with Crippen LogP contribution < -0.4 is 11.1 Å². The molecule has 0 radical (unpaired) electrons. The Balaban J connectivity index is 2.83. The average molecular weight is 279 g/mol. The van der Waals surface area contributed by atoms with Gasteiger partial charge in [-0.1, -0.05) is 13.8 Å². The van der Waals surface area contributed by atoms with E-state index in [1.807, 2.05) is 6.92 Å². The highest BCUT2D eigenvalue weighted by Crippen LogP contribution is 2.20. The van der Waals surface area contributed by atoms with Gasteiger partial charge in [-0.2, -0.15) is 0 Å². The van der Waals surface area contributed by atoms with Crippen LogP contribution in [0.1, 0.15) is 32.2 Å². The van der Waals surface area contributed by atoms with Crippen molar-refractivity contribution >= 4 is 5.91 Å². The van der Waals surface area contributed by atoms with E-state index in [1.165, 1.54) is 0 Å². The minimum absolute atomic E-state index is 0.444. The summed E-state index contributed by atoms with van der Waals surface area (Å²) in [5.41, 5.74) is 5.88. The molecule has 20 heavy (non-hydrogen) atoms. The van der Waals surface area contributed by atoms with Crippen LogP contribution in [-0.4, -0.2) is 47.0 Å². The molecule has 0 aliphatic heterocycles. The molecule has 1 amide bonds. The molecule has 6 heteroatoms. The third-order valence-electron chi connectivity index (χ3n) is 3.65. The fourth-order valence-corrected chi connectivity index (χ4v) is 2.19. The number of hydrogen-bond donors (Lipinski definition) is 2. The molecule has 6 nitrogen and oxygen atoms in total. The molecule has 1 heterocycles. The molecule has 0 aliphatic carbocycles. The Labute approximate surface area is 120 Å². The van der Waals surface area contributed by atoms with E-state index in [2.05, 4.69) is 34.0 Å². The second-order valence-electron chi connectivity index (χ2n) is 4.93. The molecular weight excluding hydrogens is 254 g/mol. The van der Waals surface area contributed by atoms with Crippen molar-refractivity contribution in [1.29, 1.82) is 0 Å². The van der Waals surface area contributed by atoms with Crippen LogP contribution in [0.15, 0.2) is 12.4 Å². The second-order valence-corrected chi connectivity index (χ2v) is 4.93. The van der Waals surface area contributed by atoms with Crippen molar-refractivity contribution in [3.63, 3.8) is 0 Å². The van der Waals surface area contributed by atoms with Gasteiger partial charge in [-0.05, 0) is 26.9 Å². The smallest absolute Gasteiger partial charge is 0.243 e. The van der Waals surface area contributed by atoms with Crippen LogP contribution in [0.3, 0.4) is 0 Å². The van der Waals surface area contributed by atoms with Gasteiger partial charge in [0.2, 0.25) is 5.91 Å². The monoisotopic (exact) mass is 279 g/mol. The van der Waals surface area contributed by atoms with Gasteiger partial charge in [-0.3, -0.25) is 20.1 Å². The Morgan fingerprint density at radius 2 is 1.95 bits per heavy atom. The molecule has 1 aromatic heterocycles. The Morgan fingerprint density at radius 1 is 1.35 bits per heavy atom. The summed E-state index contributed by atoms with van der Waals surface area (Å²) < 4.78 is 0. The zero-order valence-electron chi connectivity index (χ0n) is 12.8. The summed E-state index contributed by atoms with van der Waals surface area (Å²) in [6, 6.07) is 0. The largest absolute Gasteiger partial charge is 0.368 e. The molecule has 1 atom stereocenters. The van der Waals surface area contributed by atoms with Crippen LogP contribution in [0.2, 0.25) is 0 Å². The van der Waals surface area contributed by atoms with Gasteiger partial charge in [0.25, 0.3) is 0 Å². The number of hydrogen-bond acceptors (Lipinski definition) is 5. The minimum atomic E-state index is -0.995. The van der Waals surface area contributed by atoms with Crippen molar-refractivity contribution in [2.45, 2.75) is 33.2 Å². The number of rotatable bonds is 8. The van der Waals surface area contributed by atoms with Crippen LogP contribution in [0.25, 0.3) is 0 Å². The van der Waals surface area contributed by atoms with E-state index in [0.717, 1.165) is 19.6 Å². The summed E-state index contributed by atoms with van der Waals surface area (Å²) in [4.78, 5) is 22.6. The molecule has 0 saturated carbocycles. The predicted octanol–water partition coefficient (Wildman–Crippen LogP) is 0.417. The second kappa shape index (κ2) is 7.31. The molecule has 0 aliphatic rings. The van der Waals surface area contributed by atoms with Gasteiger partial charge in [0.1, 0.15) is 5.54 Å². The normalized spacial score (nSPS) is 14.2. The number of amides is 1. The first kappa shape index (κ1) is 16.5. The molecule has 1 rings (SSSR count). The summed E-state index contributed by atoms with van der Waals surface area (Å²) in [7, 11) is 0. The summed E-state index contributed by atoms with van der Waals surface area (Å²) in [5.74, 6) is -0.444. The number of nitrogens with one attached hydrogen (secondary N) is 1. The Morgan fingerprint density at radius 3 is 2.45 bits per heavy atom. The van der Waals surface area contributed by atoms with E-state index in [-0.39, 0.29) is 0 Å². The molecule has 0 bridgehead atoms. The van der Waals surface area contributed by atoms with E-state index in [4.69, 9.17) is 5.73 Å². The lowest BCUT2D eigenvalue weighted by atomic mass is 9.95. The maximum Gasteiger partial charge on any atom is 0.243 e. The third kappa shape index (κ3) is 3.74. The van der Waals surface area contributed by atoms with Gasteiger partial charge >= 0.3 is 0 Å². The SMILES string of the molecule is CCN(CC)CCNC(C)(C(N)=O)c1nccnc1C. The van der Waals surface area contributed by atoms with Gasteiger partial charge in [0, 0.05) is 25.5 Å². The Kier molecular flexibility index (Phi) is 6.04. The molecule has 1 unspecified atom stereocenters. The summed E-state index contributed by atoms with van der Waals surface area (Å²) in [5, 5.41) is 3.23. The van der Waals surface area contributed by atoms with Crippen molar-refractivity contribution in [3.05, 3.63) is 23.8 Å². The molecule has 0 aromatic carbocycles. The predicted molar refractivity (Wildman–Crippen MR) is 79.1 cm³/mol. The first-order chi connectivity index (χ1) is 9.45. The first-order valence-corrected chi connectivity index (χ1v) is 7.01. The number of nitrogens with two attached hydrogens (primary N) is 1. The fourth-order valence-electron chi connectivity index (χ4n) is 2.19.